The molecular weight excluding hydrogens is 958 g/mol. The van der Waals surface area contributed by atoms with Gasteiger partial charge in [0.25, 0.3) is 5.56 Å². The van der Waals surface area contributed by atoms with Gasteiger partial charge in [0.05, 0.1) is 26.9 Å². The summed E-state index contributed by atoms with van der Waals surface area (Å²) in [5.41, 5.74) is 5.89. The van der Waals surface area contributed by atoms with Crippen molar-refractivity contribution in [2.45, 2.75) is 78.3 Å². The lowest BCUT2D eigenvalue weighted by molar-refractivity contribution is -0.140. The van der Waals surface area contributed by atoms with Gasteiger partial charge < -0.3 is 50.0 Å². The average Bonchev–Trinajstić information content (AvgIpc) is 3.36. The number of aliphatic carboxylic acids is 2. The lowest BCUT2D eigenvalue weighted by Crippen LogP contribution is -2.37. The van der Waals surface area contributed by atoms with E-state index in [1.165, 1.54) is 18.5 Å². The summed E-state index contributed by atoms with van der Waals surface area (Å²) in [5, 5.41) is 63.0. The molecule has 20 heteroatoms. The SMILES string of the molecule is Cc1c(COc2cc(OCc3cncc(C#N)c3)c(CNC(CCO)C(=O)O)cc2Cl)cccc1-n1c(C)c(COc2cc(OCc3cncc(C#N)c3)c(CNC(CCO)C(=O)O)cc2Cl)ccc1=O. The van der Waals surface area contributed by atoms with Gasteiger partial charge in [0, 0.05) is 103 Å². The highest BCUT2D eigenvalue weighted by Crippen LogP contribution is 2.36. The third kappa shape index (κ3) is 14.0. The van der Waals surface area contributed by atoms with Crippen molar-refractivity contribution in [3.05, 3.63) is 168 Å². The van der Waals surface area contributed by atoms with E-state index in [4.69, 9.17) is 42.1 Å². The predicted molar refractivity (Wildman–Crippen MR) is 260 cm³/mol. The molecule has 0 aliphatic heterocycles. The molecule has 2 atom stereocenters. The van der Waals surface area contributed by atoms with Gasteiger partial charge in [-0.15, -0.1) is 0 Å². The van der Waals surface area contributed by atoms with Crippen LogP contribution in [0.2, 0.25) is 10.0 Å². The fraction of sp³-hybridized carbons (Fsp3) is 0.275. The molecule has 6 aromatic rings. The number of hydrogen-bond donors (Lipinski definition) is 6. The minimum atomic E-state index is -1.14. The molecule has 71 heavy (non-hydrogen) atoms. The Labute approximate surface area is 418 Å². The molecule has 6 rings (SSSR count). The van der Waals surface area contributed by atoms with Gasteiger partial charge in [0.2, 0.25) is 0 Å². The number of carbonyl (C=O) groups is 2. The summed E-state index contributed by atoms with van der Waals surface area (Å²) < 4.78 is 26.4. The minimum Gasteiger partial charge on any atom is -0.488 e. The van der Waals surface area contributed by atoms with E-state index in [0.717, 1.165) is 11.1 Å². The third-order valence-electron chi connectivity index (χ3n) is 11.2. The maximum Gasteiger partial charge on any atom is 0.320 e. The van der Waals surface area contributed by atoms with E-state index in [0.29, 0.717) is 61.8 Å². The molecule has 0 radical (unpaired) electrons. The first-order valence-electron chi connectivity index (χ1n) is 22.0. The summed E-state index contributed by atoms with van der Waals surface area (Å²) in [6, 6.07) is 20.2. The summed E-state index contributed by atoms with van der Waals surface area (Å²) in [6.07, 6.45) is 5.91. The fourth-order valence-electron chi connectivity index (χ4n) is 7.35. The number of benzene rings is 3. The van der Waals surface area contributed by atoms with Gasteiger partial charge >= 0.3 is 11.9 Å². The molecule has 0 bridgehead atoms. The number of carboxylic acids is 2. The van der Waals surface area contributed by atoms with Crippen molar-refractivity contribution in [2.24, 2.45) is 0 Å². The lowest BCUT2D eigenvalue weighted by Gasteiger charge is -2.20. The molecule has 368 valence electrons. The van der Waals surface area contributed by atoms with Crippen molar-refractivity contribution >= 4 is 35.1 Å². The molecule has 0 saturated heterocycles. The molecule has 0 aliphatic carbocycles. The summed E-state index contributed by atoms with van der Waals surface area (Å²) in [5.74, 6) is -1.15. The maximum absolute atomic E-state index is 13.6. The number of hydrogen-bond acceptors (Lipinski definition) is 15. The van der Waals surface area contributed by atoms with Gasteiger partial charge in [-0.25, -0.2) is 0 Å². The van der Waals surface area contributed by atoms with Gasteiger partial charge in [-0.05, 0) is 74.2 Å². The summed E-state index contributed by atoms with van der Waals surface area (Å²) in [6.45, 7) is 3.03. The number of aromatic nitrogens is 3. The second-order valence-electron chi connectivity index (χ2n) is 16.1. The number of nitriles is 2. The highest BCUT2D eigenvalue weighted by molar-refractivity contribution is 6.32. The standard InChI is InChI=1S/C51H49Cl2N7O11/c1-30-36(28-70-47-16-45(68-26-34-12-32(18-54)20-56-22-34)38(14-40(47)52)24-58-42(8-10-61)50(64)65)4-3-5-44(30)60-31(2)37(6-7-49(60)63)29-71-48-17-46(69-27-35-13-33(19-55)21-57-23-35)39(15-41(48)53)25-59-43(9-11-62)51(66)67/h3-7,12-17,20-23,42-43,58-59,61-62H,8-11,24-29H2,1-2H3,(H,64,65)(H,66,67). The zero-order valence-electron chi connectivity index (χ0n) is 38.5. The van der Waals surface area contributed by atoms with Gasteiger partial charge in [0.1, 0.15) is 73.6 Å². The Morgan fingerprint density at radius 2 is 1.13 bits per heavy atom. The number of nitrogens with zero attached hydrogens (tertiary/aromatic N) is 5. The van der Waals surface area contributed by atoms with Crippen LogP contribution in [0.1, 0.15) is 68.6 Å². The Morgan fingerprint density at radius 1 is 0.648 bits per heavy atom. The molecule has 6 N–H and O–H groups in total. The van der Waals surface area contributed by atoms with Crippen molar-refractivity contribution < 1.29 is 49.0 Å². The molecule has 0 saturated carbocycles. The Bertz CT molecular complexity index is 3030. The topological polar surface area (TPSA) is 271 Å². The van der Waals surface area contributed by atoms with Crippen LogP contribution in [0, 0.1) is 36.5 Å². The largest absolute Gasteiger partial charge is 0.488 e. The quantitative estimate of drug-likeness (QED) is 0.0359. The number of aliphatic hydroxyl groups is 2. The van der Waals surface area contributed by atoms with Crippen LogP contribution in [0.15, 0.2) is 96.3 Å². The van der Waals surface area contributed by atoms with Crippen LogP contribution in [0.25, 0.3) is 5.69 Å². The normalized spacial score (nSPS) is 11.8. The van der Waals surface area contributed by atoms with Gasteiger partial charge in [-0.3, -0.25) is 28.9 Å². The predicted octanol–water partition coefficient (Wildman–Crippen LogP) is 6.46. The number of aliphatic hydroxyl groups excluding tert-OH is 2. The number of carboxylic acid groups (broad SMARTS) is 2. The molecule has 0 spiro atoms. The van der Waals surface area contributed by atoms with Crippen molar-refractivity contribution in [3.63, 3.8) is 0 Å². The number of halogens is 2. The monoisotopic (exact) mass is 1010 g/mol. The van der Waals surface area contributed by atoms with Crippen LogP contribution in [-0.2, 0) is 49.1 Å². The van der Waals surface area contributed by atoms with Gasteiger partial charge in [0.15, 0.2) is 0 Å². The van der Waals surface area contributed by atoms with E-state index in [-0.39, 0.29) is 92.7 Å². The van der Waals surface area contributed by atoms with E-state index >= 15 is 0 Å². The first kappa shape index (κ1) is 52.8. The second-order valence-corrected chi connectivity index (χ2v) is 16.9. The molecule has 0 amide bonds. The summed E-state index contributed by atoms with van der Waals surface area (Å²) >= 11 is 13.5. The molecule has 0 fully saturated rings. The first-order valence-corrected chi connectivity index (χ1v) is 22.8. The number of nitrogens with one attached hydrogen (secondary N) is 2. The van der Waals surface area contributed by atoms with E-state index in [1.807, 2.05) is 25.1 Å². The van der Waals surface area contributed by atoms with E-state index in [9.17, 15) is 45.3 Å². The number of pyridine rings is 3. The summed E-state index contributed by atoms with van der Waals surface area (Å²) in [7, 11) is 0. The van der Waals surface area contributed by atoms with Crippen molar-refractivity contribution in [1.82, 2.24) is 25.2 Å². The van der Waals surface area contributed by atoms with Crippen LogP contribution in [-0.4, -0.2) is 72.2 Å². The van der Waals surface area contributed by atoms with Crippen LogP contribution in [0.5, 0.6) is 23.0 Å². The van der Waals surface area contributed by atoms with Crippen molar-refractivity contribution in [1.29, 1.82) is 10.5 Å². The molecular formula is C51H49Cl2N7O11. The highest BCUT2D eigenvalue weighted by Gasteiger charge is 2.22. The van der Waals surface area contributed by atoms with Crippen molar-refractivity contribution in [2.75, 3.05) is 13.2 Å². The van der Waals surface area contributed by atoms with Crippen LogP contribution in [0.3, 0.4) is 0 Å². The van der Waals surface area contributed by atoms with E-state index in [2.05, 4.69) is 20.6 Å². The lowest BCUT2D eigenvalue weighted by atomic mass is 10.1. The zero-order valence-corrected chi connectivity index (χ0v) is 40.0. The van der Waals surface area contributed by atoms with E-state index in [1.54, 1.807) is 78.5 Å². The molecule has 3 heterocycles. The van der Waals surface area contributed by atoms with Crippen LogP contribution >= 0.6 is 23.2 Å². The third-order valence-corrected chi connectivity index (χ3v) is 11.8. The Balaban J connectivity index is 1.23. The number of rotatable bonds is 25. The smallest absolute Gasteiger partial charge is 0.320 e. The van der Waals surface area contributed by atoms with Gasteiger partial charge in [-0.1, -0.05) is 35.3 Å². The number of ether oxygens (including phenoxy) is 4. The molecule has 18 nitrogen and oxygen atoms in total. The van der Waals surface area contributed by atoms with Crippen molar-refractivity contribution in [3.8, 4) is 40.8 Å². The fourth-order valence-corrected chi connectivity index (χ4v) is 7.83. The molecule has 0 aliphatic rings. The van der Waals surface area contributed by atoms with Crippen LogP contribution in [0.4, 0.5) is 0 Å². The Morgan fingerprint density at radius 3 is 1.59 bits per heavy atom. The second kappa shape index (κ2) is 25.3. The molecule has 3 aromatic heterocycles. The minimum absolute atomic E-state index is 0.0113. The molecule has 2 unspecified atom stereocenters. The zero-order chi connectivity index (χ0) is 51.0. The van der Waals surface area contributed by atoms with Gasteiger partial charge in [-0.2, -0.15) is 10.5 Å². The van der Waals surface area contributed by atoms with Crippen LogP contribution < -0.4 is 35.1 Å². The maximum atomic E-state index is 13.6. The molecule has 3 aromatic carbocycles. The Kier molecular flexibility index (Phi) is 18.9. The Hall–Kier alpha value is -7.55. The first-order chi connectivity index (χ1) is 34.2. The average molecular weight is 1010 g/mol. The highest BCUT2D eigenvalue weighted by atomic mass is 35.5. The summed E-state index contributed by atoms with van der Waals surface area (Å²) in [4.78, 5) is 45.4. The van der Waals surface area contributed by atoms with E-state index < -0.39 is 24.0 Å².